The Morgan fingerprint density at radius 3 is 2.47 bits per heavy atom. The van der Waals surface area contributed by atoms with E-state index in [1.807, 2.05) is 0 Å². The standard InChI is InChI=1S/C10H17N3O2/c1-7-5-4-6-8(2)12(7)13-9(3)10(14)15-11-13/h7-8H,4-6H2,1-3H3. The van der Waals surface area contributed by atoms with Gasteiger partial charge < -0.3 is 9.63 Å². The Morgan fingerprint density at radius 1 is 1.40 bits per heavy atom. The topological polar surface area (TPSA) is 56.2 Å². The highest BCUT2D eigenvalue weighted by Crippen LogP contribution is 2.19. The summed E-state index contributed by atoms with van der Waals surface area (Å²) in [4.78, 5) is 1.62. The quantitative estimate of drug-likeness (QED) is 0.624. The third-order valence-corrected chi connectivity index (χ3v) is 3.16. The molecule has 2 rings (SSSR count). The summed E-state index contributed by atoms with van der Waals surface area (Å²) < 4.78 is 4.66. The number of nitrogens with zero attached hydrogens (tertiary/aromatic N) is 3. The second kappa shape index (κ2) is 3.72. The second-order valence-corrected chi connectivity index (χ2v) is 4.34. The molecule has 15 heavy (non-hydrogen) atoms. The summed E-state index contributed by atoms with van der Waals surface area (Å²) in [5.74, 6) is -0.347. The Balaban J connectivity index is 2.31. The van der Waals surface area contributed by atoms with Crippen molar-refractivity contribution in [3.63, 3.8) is 0 Å². The second-order valence-electron chi connectivity index (χ2n) is 4.34. The molecule has 5 heteroatoms. The molecule has 0 radical (unpaired) electrons. The summed E-state index contributed by atoms with van der Waals surface area (Å²) in [6, 6.07) is 0.809. The van der Waals surface area contributed by atoms with Gasteiger partial charge in [0.2, 0.25) is 0 Å². The average molecular weight is 211 g/mol. The molecule has 2 unspecified atom stereocenters. The molecule has 1 saturated heterocycles. The molecule has 0 amide bonds. The van der Waals surface area contributed by atoms with Gasteiger partial charge in [-0.05, 0) is 33.1 Å². The molecule has 1 fully saturated rings. The molecule has 0 aliphatic carbocycles. The maximum absolute atomic E-state index is 11.2. The van der Waals surface area contributed by atoms with Crippen LogP contribution in [0.5, 0.6) is 5.95 Å². The lowest BCUT2D eigenvalue weighted by atomic mass is 10.00. The van der Waals surface area contributed by atoms with Crippen LogP contribution in [-0.4, -0.2) is 17.4 Å². The van der Waals surface area contributed by atoms with Gasteiger partial charge in [-0.2, -0.15) is 0 Å². The maximum Gasteiger partial charge on any atom is 0.264 e. The van der Waals surface area contributed by atoms with Crippen LogP contribution in [0.2, 0.25) is 0 Å². The average Bonchev–Trinajstić information content (AvgIpc) is 2.49. The van der Waals surface area contributed by atoms with Crippen molar-refractivity contribution >= 4 is 0 Å². The third kappa shape index (κ3) is 1.66. The maximum atomic E-state index is 11.2. The van der Waals surface area contributed by atoms with E-state index in [-0.39, 0.29) is 5.95 Å². The molecule has 0 saturated carbocycles. The van der Waals surface area contributed by atoms with Crippen molar-refractivity contribution in [2.45, 2.75) is 52.1 Å². The molecular formula is C10H17N3O2. The molecule has 2 atom stereocenters. The van der Waals surface area contributed by atoms with Gasteiger partial charge >= 0.3 is 0 Å². The fourth-order valence-electron chi connectivity index (χ4n) is 2.28. The molecule has 0 bridgehead atoms. The number of rotatable bonds is 1. The van der Waals surface area contributed by atoms with Crippen molar-refractivity contribution < 1.29 is 14.4 Å². The number of aromatic nitrogens is 2. The zero-order valence-corrected chi connectivity index (χ0v) is 9.43. The van der Waals surface area contributed by atoms with Gasteiger partial charge in [0.25, 0.3) is 5.69 Å². The first-order chi connectivity index (χ1) is 7.11. The SMILES string of the molecule is Cc1c([O-])on[n+]1N1C(C)CCCC1C. The van der Waals surface area contributed by atoms with E-state index >= 15 is 0 Å². The van der Waals surface area contributed by atoms with E-state index in [2.05, 4.69) is 28.7 Å². The van der Waals surface area contributed by atoms with Gasteiger partial charge in [0.15, 0.2) is 5.95 Å². The van der Waals surface area contributed by atoms with Crippen molar-refractivity contribution in [1.82, 2.24) is 5.27 Å². The predicted molar refractivity (Wildman–Crippen MR) is 51.9 cm³/mol. The molecule has 0 N–H and O–H groups in total. The number of hydrogen-bond donors (Lipinski definition) is 0. The first kappa shape index (κ1) is 10.3. The van der Waals surface area contributed by atoms with Gasteiger partial charge in [0.1, 0.15) is 5.27 Å². The van der Waals surface area contributed by atoms with E-state index in [4.69, 9.17) is 0 Å². The van der Waals surface area contributed by atoms with E-state index in [1.54, 1.807) is 11.7 Å². The van der Waals surface area contributed by atoms with Crippen LogP contribution >= 0.6 is 0 Å². The minimum Gasteiger partial charge on any atom is -0.539 e. The van der Waals surface area contributed by atoms with Gasteiger partial charge in [-0.15, -0.1) is 5.01 Å². The third-order valence-electron chi connectivity index (χ3n) is 3.16. The lowest BCUT2D eigenvalue weighted by molar-refractivity contribution is -0.770. The molecule has 1 aromatic rings. The van der Waals surface area contributed by atoms with Crippen molar-refractivity contribution in [2.24, 2.45) is 0 Å². The number of hydrogen-bond acceptors (Lipinski definition) is 4. The van der Waals surface area contributed by atoms with E-state index in [0.29, 0.717) is 17.8 Å². The Morgan fingerprint density at radius 2 is 2.00 bits per heavy atom. The molecule has 0 aromatic carbocycles. The highest BCUT2D eigenvalue weighted by molar-refractivity contribution is 5.01. The van der Waals surface area contributed by atoms with Crippen molar-refractivity contribution in [1.29, 1.82) is 0 Å². The van der Waals surface area contributed by atoms with Crippen LogP contribution in [0.25, 0.3) is 0 Å². The molecule has 1 aliphatic heterocycles. The molecule has 84 valence electrons. The molecule has 1 aliphatic rings. The van der Waals surface area contributed by atoms with Gasteiger partial charge in [0.05, 0.1) is 12.1 Å². The molecule has 1 aromatic heterocycles. The van der Waals surface area contributed by atoms with Crippen LogP contribution in [0.15, 0.2) is 4.52 Å². The first-order valence-electron chi connectivity index (χ1n) is 5.45. The molecular weight excluding hydrogens is 194 g/mol. The van der Waals surface area contributed by atoms with Crippen LogP contribution in [0.3, 0.4) is 0 Å². The number of piperidine rings is 1. The predicted octanol–water partition coefficient (Wildman–Crippen LogP) is 0.243. The minimum atomic E-state index is -0.347. The normalized spacial score (nSPS) is 27.0. The Bertz CT molecular complexity index is 340. The highest BCUT2D eigenvalue weighted by atomic mass is 16.6. The summed E-state index contributed by atoms with van der Waals surface area (Å²) in [7, 11) is 0. The largest absolute Gasteiger partial charge is 0.539 e. The Hall–Kier alpha value is -1.26. The fraction of sp³-hybridized carbons (Fsp3) is 0.800. The van der Waals surface area contributed by atoms with Crippen molar-refractivity contribution in [3.05, 3.63) is 5.69 Å². The highest BCUT2D eigenvalue weighted by Gasteiger charge is 2.34. The van der Waals surface area contributed by atoms with Crippen LogP contribution in [-0.2, 0) is 0 Å². The van der Waals surface area contributed by atoms with Crippen LogP contribution < -0.4 is 14.9 Å². The Kier molecular flexibility index (Phi) is 2.54. The zero-order valence-electron chi connectivity index (χ0n) is 9.43. The first-order valence-corrected chi connectivity index (χ1v) is 5.45. The van der Waals surface area contributed by atoms with Gasteiger partial charge in [-0.3, -0.25) is 0 Å². The summed E-state index contributed by atoms with van der Waals surface area (Å²) in [6.07, 6.45) is 3.51. The Labute approximate surface area is 89.2 Å². The molecule has 5 nitrogen and oxygen atoms in total. The molecule has 0 spiro atoms. The lowest BCUT2D eigenvalue weighted by Crippen LogP contribution is -2.69. The summed E-state index contributed by atoms with van der Waals surface area (Å²) in [6.45, 7) is 6.05. The summed E-state index contributed by atoms with van der Waals surface area (Å²) >= 11 is 0. The summed E-state index contributed by atoms with van der Waals surface area (Å²) in [5.41, 5.74) is 0.551. The summed E-state index contributed by atoms with van der Waals surface area (Å²) in [5, 5.41) is 17.1. The zero-order chi connectivity index (χ0) is 11.0. The monoisotopic (exact) mass is 211 g/mol. The van der Waals surface area contributed by atoms with Crippen LogP contribution in [0.4, 0.5) is 0 Å². The van der Waals surface area contributed by atoms with Crippen LogP contribution in [0.1, 0.15) is 38.8 Å². The molecule has 2 heterocycles. The fourth-order valence-corrected chi connectivity index (χ4v) is 2.28. The van der Waals surface area contributed by atoms with Gasteiger partial charge in [-0.25, -0.2) is 0 Å². The van der Waals surface area contributed by atoms with Crippen LogP contribution in [0, 0.1) is 6.92 Å². The van der Waals surface area contributed by atoms with Crippen molar-refractivity contribution in [2.75, 3.05) is 5.01 Å². The van der Waals surface area contributed by atoms with Gasteiger partial charge in [-0.1, -0.05) is 0 Å². The van der Waals surface area contributed by atoms with Gasteiger partial charge in [0, 0.05) is 11.7 Å². The smallest absolute Gasteiger partial charge is 0.264 e. The van der Waals surface area contributed by atoms with E-state index in [9.17, 15) is 5.11 Å². The minimum absolute atomic E-state index is 0.347. The van der Waals surface area contributed by atoms with Crippen molar-refractivity contribution in [3.8, 4) is 5.95 Å². The lowest BCUT2D eigenvalue weighted by Gasteiger charge is -2.32. The van der Waals surface area contributed by atoms with E-state index in [0.717, 1.165) is 12.8 Å². The van der Waals surface area contributed by atoms with E-state index < -0.39 is 0 Å². The van der Waals surface area contributed by atoms with E-state index in [1.165, 1.54) is 6.42 Å².